The first-order valence-corrected chi connectivity index (χ1v) is 13.2. The topological polar surface area (TPSA) is 71.2 Å². The molecule has 0 fully saturated rings. The highest BCUT2D eigenvalue weighted by atomic mass is 19.3. The van der Waals surface area contributed by atoms with Gasteiger partial charge in [-0.1, -0.05) is 13.8 Å². The van der Waals surface area contributed by atoms with Gasteiger partial charge in [0.1, 0.15) is 11.6 Å². The summed E-state index contributed by atoms with van der Waals surface area (Å²) >= 11 is 0. The van der Waals surface area contributed by atoms with Crippen LogP contribution in [0.2, 0.25) is 0 Å². The van der Waals surface area contributed by atoms with Gasteiger partial charge in [0.15, 0.2) is 0 Å². The normalized spacial score (nSPS) is 14.5. The fourth-order valence-electron chi connectivity index (χ4n) is 5.30. The second-order valence-electron chi connectivity index (χ2n) is 9.60. The van der Waals surface area contributed by atoms with E-state index in [-0.39, 0.29) is 11.1 Å². The van der Waals surface area contributed by atoms with Crippen molar-refractivity contribution in [2.45, 2.75) is 40.0 Å². The van der Waals surface area contributed by atoms with E-state index in [0.29, 0.717) is 41.5 Å². The molecule has 8 nitrogen and oxygen atoms in total. The lowest BCUT2D eigenvalue weighted by atomic mass is 9.93. The fraction of sp³-hybridized carbons (Fsp3) is 0.345. The van der Waals surface area contributed by atoms with E-state index >= 15 is 0 Å². The summed E-state index contributed by atoms with van der Waals surface area (Å²) in [5.74, 6) is 1.33. The molecule has 0 aliphatic carbocycles. The lowest BCUT2D eigenvalue weighted by Crippen LogP contribution is -2.28. The van der Waals surface area contributed by atoms with E-state index in [9.17, 15) is 13.6 Å². The first-order chi connectivity index (χ1) is 18.8. The van der Waals surface area contributed by atoms with E-state index in [4.69, 9.17) is 4.98 Å². The standard InChI is InChI=1S/C27H27F2N7O.C2H6/c1-16-9-21-23(34(3)27(16)37)12-24(35-8-6-30-15-35)32-26(21)36-7-4-5-17-10-19(18-13-31-33(2)14-18)20(25(28)29)11-22(17)36;1-2/h6,8-14,25,30H,4-5,7,15H2,1-3H3;1-2H3. The summed E-state index contributed by atoms with van der Waals surface area (Å²) in [5.41, 5.74) is 4.11. The lowest BCUT2D eigenvalue weighted by Gasteiger charge is -2.33. The Labute approximate surface area is 226 Å². The monoisotopic (exact) mass is 533 g/mol. The second kappa shape index (κ2) is 10.5. The number of nitrogens with zero attached hydrogens (tertiary/aromatic N) is 6. The molecule has 6 rings (SSSR count). The van der Waals surface area contributed by atoms with Gasteiger partial charge in [-0.25, -0.2) is 13.8 Å². The minimum Gasteiger partial charge on any atom is -0.372 e. The molecule has 1 N–H and O–H groups in total. The van der Waals surface area contributed by atoms with E-state index in [0.717, 1.165) is 35.0 Å². The van der Waals surface area contributed by atoms with E-state index in [1.54, 1.807) is 48.7 Å². The molecule has 5 heterocycles. The fourth-order valence-corrected chi connectivity index (χ4v) is 5.30. The SMILES string of the molecule is CC.Cc1cc2c(N3CCCc4cc(-c5cnn(C)c5)c(C(F)F)cc43)nc(N3C=CNC3)cc2n(C)c1=O. The molecule has 2 aliphatic rings. The Hall–Kier alpha value is -4.21. The van der Waals surface area contributed by atoms with Crippen LogP contribution >= 0.6 is 0 Å². The number of pyridine rings is 2. The van der Waals surface area contributed by atoms with E-state index in [2.05, 4.69) is 10.4 Å². The average Bonchev–Trinajstić information content (AvgIpc) is 3.64. The van der Waals surface area contributed by atoms with Crippen molar-refractivity contribution in [3.05, 3.63) is 76.1 Å². The molecule has 0 amide bonds. The van der Waals surface area contributed by atoms with Crippen LogP contribution in [0, 0.1) is 6.92 Å². The maximum absolute atomic E-state index is 14.4. The summed E-state index contributed by atoms with van der Waals surface area (Å²) in [7, 11) is 3.53. The lowest BCUT2D eigenvalue weighted by molar-refractivity contribution is 0.152. The second-order valence-corrected chi connectivity index (χ2v) is 9.60. The van der Waals surface area contributed by atoms with Gasteiger partial charge in [0.25, 0.3) is 12.0 Å². The van der Waals surface area contributed by atoms with Gasteiger partial charge >= 0.3 is 0 Å². The van der Waals surface area contributed by atoms with Gasteiger partial charge in [-0.05, 0) is 49.1 Å². The Kier molecular flexibility index (Phi) is 7.12. The molecule has 4 aromatic rings. The number of anilines is 3. The molecule has 2 aliphatic heterocycles. The zero-order valence-corrected chi connectivity index (χ0v) is 22.9. The number of hydrogen-bond donors (Lipinski definition) is 1. The third-order valence-corrected chi connectivity index (χ3v) is 7.17. The van der Waals surface area contributed by atoms with Crippen LogP contribution in [0.4, 0.5) is 26.1 Å². The Morgan fingerprint density at radius 2 is 1.90 bits per heavy atom. The largest absolute Gasteiger partial charge is 0.372 e. The molecule has 3 aromatic heterocycles. The van der Waals surface area contributed by atoms with Crippen LogP contribution in [0.25, 0.3) is 22.0 Å². The minimum absolute atomic E-state index is 0.0330. The van der Waals surface area contributed by atoms with Crippen molar-refractivity contribution in [2.75, 3.05) is 23.0 Å². The van der Waals surface area contributed by atoms with E-state index in [1.807, 2.05) is 54.2 Å². The van der Waals surface area contributed by atoms with Crippen LogP contribution in [0.5, 0.6) is 0 Å². The van der Waals surface area contributed by atoms with E-state index in [1.165, 1.54) is 0 Å². The summed E-state index contributed by atoms with van der Waals surface area (Å²) in [6.45, 7) is 6.97. The Morgan fingerprint density at radius 3 is 2.56 bits per heavy atom. The number of nitrogens with one attached hydrogen (secondary N) is 1. The molecular formula is C29H33F2N7O. The summed E-state index contributed by atoms with van der Waals surface area (Å²) in [6, 6.07) is 7.24. The number of benzene rings is 1. The van der Waals surface area contributed by atoms with Crippen molar-refractivity contribution in [3.63, 3.8) is 0 Å². The van der Waals surface area contributed by atoms with Gasteiger partial charge < -0.3 is 19.7 Å². The van der Waals surface area contributed by atoms with Crippen LogP contribution in [0.1, 0.15) is 43.4 Å². The number of alkyl halides is 2. The zero-order valence-electron chi connectivity index (χ0n) is 22.9. The molecule has 0 saturated carbocycles. The van der Waals surface area contributed by atoms with Crippen LogP contribution in [0.3, 0.4) is 0 Å². The predicted molar refractivity (Wildman–Crippen MR) is 152 cm³/mol. The smallest absolute Gasteiger partial charge is 0.264 e. The Balaban J connectivity index is 0.00000151. The number of fused-ring (bicyclic) bond motifs is 2. The molecule has 0 atom stereocenters. The number of rotatable bonds is 4. The first kappa shape index (κ1) is 26.4. The average molecular weight is 534 g/mol. The molecule has 0 spiro atoms. The maximum Gasteiger partial charge on any atom is 0.264 e. The molecule has 0 saturated heterocycles. The number of hydrogen-bond acceptors (Lipinski definition) is 6. The number of halogens is 2. The van der Waals surface area contributed by atoms with Gasteiger partial charge in [0.05, 0.1) is 18.4 Å². The highest BCUT2D eigenvalue weighted by Gasteiger charge is 2.27. The third kappa shape index (κ3) is 4.64. The quantitative estimate of drug-likeness (QED) is 0.372. The highest BCUT2D eigenvalue weighted by molar-refractivity contribution is 5.95. The summed E-state index contributed by atoms with van der Waals surface area (Å²) in [5, 5.41) is 8.13. The number of aromatic nitrogens is 4. The van der Waals surface area contributed by atoms with Gasteiger partial charge in [0.2, 0.25) is 0 Å². The minimum atomic E-state index is -2.65. The first-order valence-electron chi connectivity index (χ1n) is 13.2. The molecule has 0 radical (unpaired) electrons. The molecule has 1 aromatic carbocycles. The van der Waals surface area contributed by atoms with Crippen LogP contribution in [-0.2, 0) is 20.5 Å². The number of aryl methyl sites for hydroxylation is 4. The molecule has 0 unspecified atom stereocenters. The summed E-state index contributed by atoms with van der Waals surface area (Å²) < 4.78 is 32.0. The molecule has 39 heavy (non-hydrogen) atoms. The Morgan fingerprint density at radius 1 is 1.10 bits per heavy atom. The van der Waals surface area contributed by atoms with Gasteiger partial charge in [-0.15, -0.1) is 0 Å². The Bertz CT molecular complexity index is 1620. The van der Waals surface area contributed by atoms with Crippen molar-refractivity contribution in [2.24, 2.45) is 14.1 Å². The van der Waals surface area contributed by atoms with Crippen molar-refractivity contribution in [1.82, 2.24) is 24.6 Å². The van der Waals surface area contributed by atoms with E-state index < -0.39 is 6.43 Å². The molecular weight excluding hydrogens is 500 g/mol. The van der Waals surface area contributed by atoms with Crippen molar-refractivity contribution in [3.8, 4) is 11.1 Å². The molecule has 204 valence electrons. The molecule has 0 bridgehead atoms. The van der Waals surface area contributed by atoms with Gasteiger partial charge in [-0.3, -0.25) is 9.48 Å². The maximum atomic E-state index is 14.4. The van der Waals surface area contributed by atoms with Gasteiger partial charge in [0, 0.05) is 73.1 Å². The third-order valence-electron chi connectivity index (χ3n) is 7.17. The zero-order chi connectivity index (χ0) is 27.8. The van der Waals surface area contributed by atoms with Crippen LogP contribution in [-0.4, -0.2) is 32.5 Å². The highest BCUT2D eigenvalue weighted by Crippen LogP contribution is 2.43. The molecule has 10 heteroatoms. The van der Waals surface area contributed by atoms with Crippen LogP contribution in [0.15, 0.2) is 53.9 Å². The van der Waals surface area contributed by atoms with Crippen molar-refractivity contribution < 1.29 is 8.78 Å². The summed E-state index contributed by atoms with van der Waals surface area (Å²) in [4.78, 5) is 21.8. The van der Waals surface area contributed by atoms with Crippen molar-refractivity contribution in [1.29, 1.82) is 0 Å². The summed E-state index contributed by atoms with van der Waals surface area (Å²) in [6.07, 6.45) is 6.08. The van der Waals surface area contributed by atoms with Crippen LogP contribution < -0.4 is 20.7 Å². The van der Waals surface area contributed by atoms with Crippen molar-refractivity contribution >= 4 is 28.2 Å². The van der Waals surface area contributed by atoms with Gasteiger partial charge in [-0.2, -0.15) is 5.10 Å². The predicted octanol–water partition coefficient (Wildman–Crippen LogP) is 5.53.